The van der Waals surface area contributed by atoms with Crippen molar-refractivity contribution in [3.8, 4) is 5.75 Å². The summed E-state index contributed by atoms with van der Waals surface area (Å²) < 4.78 is 41.5. The number of halogens is 1. The van der Waals surface area contributed by atoms with Crippen LogP contribution < -0.4 is 9.64 Å². The van der Waals surface area contributed by atoms with Crippen LogP contribution in [-0.2, 0) is 84.4 Å². The van der Waals surface area contributed by atoms with Crippen LogP contribution in [0.5, 0.6) is 5.75 Å². The number of anilines is 1. The van der Waals surface area contributed by atoms with Crippen molar-refractivity contribution < 1.29 is 86.5 Å². The minimum atomic E-state index is -1.57. The van der Waals surface area contributed by atoms with Gasteiger partial charge in [0.2, 0.25) is 23.6 Å². The van der Waals surface area contributed by atoms with Crippen molar-refractivity contribution in [2.45, 2.75) is 265 Å². The highest BCUT2D eigenvalue weighted by atomic mass is 35.5. The highest BCUT2D eigenvalue weighted by molar-refractivity contribution is 6.35. The molecule has 0 aliphatic carbocycles. The third-order valence-corrected chi connectivity index (χ3v) is 24.0. The Labute approximate surface area is 654 Å². The fraction of sp³-hybridized carbons (Fsp3) is 0.702. The van der Waals surface area contributed by atoms with Gasteiger partial charge in [0.1, 0.15) is 52.1 Å². The molecule has 2 aromatic carbocycles. The summed E-state index contributed by atoms with van der Waals surface area (Å²) >= 11 is 6.78. The van der Waals surface area contributed by atoms with Gasteiger partial charge in [-0.3, -0.25) is 43.3 Å². The maximum Gasteiger partial charge on any atom is 0.328 e. The Kier molecular flexibility index (Phi) is 35.6. The summed E-state index contributed by atoms with van der Waals surface area (Å²) in [7, 11) is 14.9. The number of benzene rings is 2. The average Bonchev–Trinajstić information content (AvgIpc) is 1.57. The minimum absolute atomic E-state index is 0.0116. The number of carbonyl (C=O) groups excluding carboxylic acids is 8. The Bertz CT molecular complexity index is 3460. The van der Waals surface area contributed by atoms with E-state index in [0.29, 0.717) is 37.4 Å². The maximum atomic E-state index is 14.4. The predicted octanol–water partition coefficient (Wildman–Crippen LogP) is 10.9. The molecule has 0 spiro atoms. The van der Waals surface area contributed by atoms with E-state index in [-0.39, 0.29) is 128 Å². The number of aliphatic hydroxyl groups is 1. The fourth-order valence-corrected chi connectivity index (χ4v) is 16.0. The number of epoxide rings is 1. The number of nitrogens with zero attached hydrogens (tertiary/aromatic N) is 6. The molecule has 4 aliphatic rings. The van der Waals surface area contributed by atoms with E-state index in [1.807, 2.05) is 117 Å². The van der Waals surface area contributed by atoms with Crippen molar-refractivity contribution in [2.75, 3.05) is 81.7 Å². The molecule has 4 bridgehead atoms. The van der Waals surface area contributed by atoms with Crippen LogP contribution in [0.4, 0.5) is 5.69 Å². The summed E-state index contributed by atoms with van der Waals surface area (Å²) in [5, 5.41) is 22.0. The molecular weight excluding hydrogens is 1420 g/mol. The van der Waals surface area contributed by atoms with Crippen LogP contribution in [0.2, 0.25) is 5.02 Å². The maximum absolute atomic E-state index is 14.4. The summed E-state index contributed by atoms with van der Waals surface area (Å²) in [5.41, 5.74) is 0.261. The molecule has 0 aromatic heterocycles. The van der Waals surface area contributed by atoms with E-state index in [2.05, 4.69) is 32.6 Å². The van der Waals surface area contributed by atoms with Crippen LogP contribution in [0.15, 0.2) is 66.3 Å². The number of amides is 4. The number of rotatable bonds is 33. The Balaban J connectivity index is 0.000000390. The van der Waals surface area contributed by atoms with Crippen LogP contribution in [0, 0.1) is 41.4 Å². The number of ketones is 2. The minimum Gasteiger partial charge on any atom is -0.495 e. The van der Waals surface area contributed by atoms with E-state index in [1.165, 1.54) is 31.1 Å². The van der Waals surface area contributed by atoms with Gasteiger partial charge in [-0.25, -0.2) is 4.79 Å². The number of fused-ring (bicyclic) bond motifs is 5. The van der Waals surface area contributed by atoms with Gasteiger partial charge in [-0.05, 0) is 129 Å². The molecule has 4 heterocycles. The van der Waals surface area contributed by atoms with Crippen molar-refractivity contribution in [1.82, 2.24) is 24.5 Å². The summed E-state index contributed by atoms with van der Waals surface area (Å²) in [6, 6.07) is 11.2. The quantitative estimate of drug-likeness (QED) is 0.0496. The number of likely N-dealkylation sites (N-methyl/N-ethyl adjacent to an activating group) is 3. The number of aliphatic carboxylic acids is 1. The Morgan fingerprint density at radius 2 is 1.49 bits per heavy atom. The lowest BCUT2D eigenvalue weighted by atomic mass is 9.78. The first-order chi connectivity index (χ1) is 51.1. The molecule has 25 heteroatoms. The number of ether oxygens (including phenoxy) is 7. The largest absolute Gasteiger partial charge is 0.495 e. The van der Waals surface area contributed by atoms with Crippen LogP contribution >= 0.6 is 11.6 Å². The van der Waals surface area contributed by atoms with Gasteiger partial charge in [0, 0.05) is 111 Å². The first kappa shape index (κ1) is 93.0. The lowest BCUT2D eigenvalue weighted by Crippen LogP contribution is -2.54. The lowest BCUT2D eigenvalue weighted by molar-refractivity contribution is -0.187. The Hall–Kier alpha value is -6.64. The van der Waals surface area contributed by atoms with E-state index in [0.717, 1.165) is 29.5 Å². The van der Waals surface area contributed by atoms with Crippen molar-refractivity contribution in [1.29, 1.82) is 0 Å². The zero-order valence-electron chi connectivity index (χ0n) is 69.6. The molecule has 3 fully saturated rings. The van der Waals surface area contributed by atoms with Crippen LogP contribution in [0.25, 0.3) is 0 Å². The Morgan fingerprint density at radius 3 is 2.05 bits per heavy atom. The van der Waals surface area contributed by atoms with E-state index in [1.54, 1.807) is 77.0 Å². The number of Topliss-reactive ketones (excluding diaryl/α,β-unsaturated/α-hetero) is 2. The highest BCUT2D eigenvalue weighted by Gasteiger charge is 2.65. The number of esters is 2. The average molecular weight is 1550 g/mol. The number of hydrogen-bond acceptors (Lipinski definition) is 19. The van der Waals surface area contributed by atoms with Gasteiger partial charge in [-0.15, -0.1) is 0 Å². The normalized spacial score (nSPS) is 25.2. The molecule has 0 radical (unpaired) electrons. The number of hydrogen-bond donors (Lipinski definition) is 2. The van der Waals surface area contributed by atoms with Crippen LogP contribution in [0.1, 0.15) is 179 Å². The molecular formula is C84H131ClN6O18. The SMILES string of the molecule is CC[C@H](C)[C@@H]([C@@H](CC(=O)N1CCC[C@H]1[C@H](OC)[C@@H](C)C(=O)C[C@@H](Cc1ccccc1)C(=O)O)OC)N(C)C(=O)[C@@H](CC(=O)[C@H](C(C)C)N(C)C(C)C)C(C)C.COc1cc2cc(c1Cl)N(C)C(=O)C[C@@H](OC(=O)[C@H](C)N(C)C(=O)CCN(C)C(C)C)[C@]1(C)O[C@H]1[C@H](C)[C@@H]1C[C@@](O)(CC(=O)O1)[C@H](OC)/C=C/C=C(\C)C2. The zero-order valence-corrected chi connectivity index (χ0v) is 70.4. The second kappa shape index (κ2) is 41.8. The molecule has 17 atom stereocenters. The van der Waals surface area contributed by atoms with Gasteiger partial charge >= 0.3 is 17.9 Å². The van der Waals surface area contributed by atoms with E-state index >= 15 is 0 Å². The zero-order chi connectivity index (χ0) is 82.0. The van der Waals surface area contributed by atoms with Gasteiger partial charge in [-0.2, -0.15) is 0 Å². The van der Waals surface area contributed by atoms with Crippen LogP contribution in [-0.4, -0.2) is 249 Å². The summed E-state index contributed by atoms with van der Waals surface area (Å²) in [6.07, 6.45) is 3.39. The van der Waals surface area contributed by atoms with Gasteiger partial charge < -0.3 is 67.9 Å². The van der Waals surface area contributed by atoms with E-state index in [4.69, 9.17) is 44.8 Å². The van der Waals surface area contributed by atoms with Crippen molar-refractivity contribution in [3.63, 3.8) is 0 Å². The topological polar surface area (TPSA) is 281 Å². The van der Waals surface area contributed by atoms with Crippen LogP contribution in [0.3, 0.4) is 0 Å². The van der Waals surface area contributed by atoms with E-state index in [9.17, 15) is 53.4 Å². The second-order valence-corrected chi connectivity index (χ2v) is 32.9. The molecule has 2 aromatic rings. The van der Waals surface area contributed by atoms with Crippen molar-refractivity contribution in [3.05, 3.63) is 82.4 Å². The Morgan fingerprint density at radius 1 is 0.835 bits per heavy atom. The predicted molar refractivity (Wildman–Crippen MR) is 421 cm³/mol. The molecule has 109 heavy (non-hydrogen) atoms. The number of carboxylic acids is 1. The standard InChI is InChI=1S/C44H73N3O8.C40H58ClN3O10/c1-14-30(8)41(46(11)43(51)34(27(2)3)25-37(49)40(28(4)5)45(10)29(6)7)38(54-12)26-39(50)47-22-18-21-35(47)42(55-13)31(9)36(48)24-33(44(52)53)23-32-19-16-15-17-20-32;1-23(2)42(7)16-15-33(45)43(8)26(5)38(48)53-32-20-34(46)44(9)28-18-27(19-29(50-10)36(28)41)17-24(3)13-12-14-31(51-11)40(49)21-30(52-35(47)22-40)25(4)37-39(32,6)54-37/h15-17,19-20,27-31,33-35,38,40-42H,14,18,21-26H2,1-13H3,(H,52,53);12-14,18-19,23,25-26,30-32,37,49H,15-17,20-22H2,1-11H3/b;14-12+,24-13+/t30-,31-,33+,34-,35-,38+,40-,41-,42+;25-,26+,30+,31-,32-,37+,39+,40-/m01/s1. The number of carboxylic acid groups (broad SMARTS) is 1. The second-order valence-electron chi connectivity index (χ2n) is 32.5. The highest BCUT2D eigenvalue weighted by Crippen LogP contribution is 2.50. The van der Waals surface area contributed by atoms with Gasteiger partial charge in [0.25, 0.3) is 0 Å². The van der Waals surface area contributed by atoms with Gasteiger partial charge in [0.05, 0.1) is 74.4 Å². The first-order valence-electron chi connectivity index (χ1n) is 39.0. The monoisotopic (exact) mass is 1550 g/mol. The van der Waals surface area contributed by atoms with Gasteiger partial charge in [0.15, 0.2) is 5.78 Å². The lowest BCUT2D eigenvalue weighted by Gasteiger charge is -2.41. The summed E-state index contributed by atoms with van der Waals surface area (Å²) in [5.74, 6) is -5.54. The molecule has 612 valence electrons. The molecule has 4 aliphatic heterocycles. The fourth-order valence-electron chi connectivity index (χ4n) is 15.7. The third kappa shape index (κ3) is 24.2. The summed E-state index contributed by atoms with van der Waals surface area (Å²) in [4.78, 5) is 133. The molecule has 0 unspecified atom stereocenters. The number of methoxy groups -OCH3 is 4. The summed E-state index contributed by atoms with van der Waals surface area (Å²) in [6.45, 7) is 30.2. The number of carbonyl (C=O) groups is 9. The first-order valence-corrected chi connectivity index (χ1v) is 39.4. The number of allylic oxidation sites excluding steroid dienone is 3. The molecule has 4 amide bonds. The van der Waals surface area contributed by atoms with Crippen molar-refractivity contribution in [2.24, 2.45) is 41.4 Å². The van der Waals surface area contributed by atoms with E-state index < -0.39 is 107 Å². The molecule has 6 rings (SSSR count). The van der Waals surface area contributed by atoms with Gasteiger partial charge in [-0.1, -0.05) is 128 Å². The molecule has 0 saturated carbocycles. The molecule has 2 N–H and O–H groups in total. The smallest absolute Gasteiger partial charge is 0.328 e. The molecule has 3 saturated heterocycles. The molecule has 24 nitrogen and oxygen atoms in total. The third-order valence-electron chi connectivity index (χ3n) is 23.6. The number of likely N-dealkylation sites (tertiary alicyclic amines) is 1. The van der Waals surface area contributed by atoms with Crippen molar-refractivity contribution >= 4 is 70.4 Å².